The number of carbonyl (C=O) groups excluding carboxylic acids is 2. The molecule has 160 valence electrons. The van der Waals surface area contributed by atoms with Crippen molar-refractivity contribution in [2.24, 2.45) is 34.0 Å². The summed E-state index contributed by atoms with van der Waals surface area (Å²) in [5.74, 6) is -3.90. The molecule has 7 heteroatoms. The molecule has 2 aliphatic heterocycles. The second kappa shape index (κ2) is 5.69. The van der Waals surface area contributed by atoms with Gasteiger partial charge in [-0.3, -0.25) is 9.59 Å². The van der Waals surface area contributed by atoms with Gasteiger partial charge in [-0.05, 0) is 37.2 Å². The highest BCUT2D eigenvalue weighted by Crippen LogP contribution is 2.76. The summed E-state index contributed by atoms with van der Waals surface area (Å²) in [6, 6.07) is 0. The monoisotopic (exact) mass is 406 g/mol. The van der Waals surface area contributed by atoms with Crippen LogP contribution < -0.4 is 0 Å². The minimum atomic E-state index is -2.07. The van der Waals surface area contributed by atoms with Crippen molar-refractivity contribution >= 4 is 11.8 Å². The molecule has 9 atom stereocenters. The lowest BCUT2D eigenvalue weighted by molar-refractivity contribution is -0.446. The molecule has 6 fully saturated rings. The summed E-state index contributed by atoms with van der Waals surface area (Å²) in [6.07, 6.45) is 0.925. The molecule has 0 aromatic carbocycles. The molecule has 0 aromatic rings. The second-order valence-corrected chi connectivity index (χ2v) is 10.4. The fraction of sp³-hybridized carbons (Fsp3) is 0.818. The first-order valence-electron chi connectivity index (χ1n) is 10.6. The number of rotatable bonds is 2. The zero-order valence-electron chi connectivity index (χ0n) is 17.0. The minimum absolute atomic E-state index is 0.126. The first-order chi connectivity index (χ1) is 13.5. The van der Waals surface area contributed by atoms with Crippen LogP contribution in [0, 0.1) is 34.0 Å². The molecular weight excluding hydrogens is 376 g/mol. The van der Waals surface area contributed by atoms with Gasteiger partial charge in [0.2, 0.25) is 5.79 Å². The van der Waals surface area contributed by atoms with Crippen LogP contribution in [0.3, 0.4) is 0 Å². The van der Waals surface area contributed by atoms with Gasteiger partial charge in [0.25, 0.3) is 0 Å². The Labute approximate surface area is 170 Å². The zero-order valence-corrected chi connectivity index (χ0v) is 17.0. The average molecular weight is 406 g/mol. The summed E-state index contributed by atoms with van der Waals surface area (Å²) in [5.41, 5.74) is -2.19. The van der Waals surface area contributed by atoms with Gasteiger partial charge in [-0.15, -0.1) is 0 Å². The van der Waals surface area contributed by atoms with E-state index in [4.69, 9.17) is 9.47 Å². The van der Waals surface area contributed by atoms with E-state index in [-0.39, 0.29) is 24.9 Å². The van der Waals surface area contributed by atoms with Crippen molar-refractivity contribution in [1.82, 2.24) is 0 Å². The molecule has 4 saturated carbocycles. The summed E-state index contributed by atoms with van der Waals surface area (Å²) in [4.78, 5) is 24.9. The standard InChI is InChI=1S/C22H30O7/c1-11-13-7-14(24)15-20-6-4-5-19(3,9-28-12(2)23)16(20)18(26)22(27,29-10-20)21(15,8-13)17(11)25/h13-16,18,24,26-27H,1,4-10H2,2-3H3/t13-,14-,15+,16-,18+,19+,20-,21+,22+/m1/s1. The van der Waals surface area contributed by atoms with Crippen LogP contribution >= 0.6 is 0 Å². The summed E-state index contributed by atoms with van der Waals surface area (Å²) in [6.45, 7) is 7.57. The number of hydrogen-bond acceptors (Lipinski definition) is 7. The van der Waals surface area contributed by atoms with Crippen LogP contribution in [0.25, 0.3) is 0 Å². The maximum atomic E-state index is 13.4. The molecule has 7 nitrogen and oxygen atoms in total. The normalized spacial score (nSPS) is 55.4. The number of Topliss-reactive ketones (excluding diaryl/α,β-unsaturated/α-hetero) is 1. The minimum Gasteiger partial charge on any atom is -0.465 e. The number of aliphatic hydroxyl groups is 3. The number of ketones is 1. The van der Waals surface area contributed by atoms with Gasteiger partial charge in [-0.1, -0.05) is 19.9 Å². The topological polar surface area (TPSA) is 113 Å². The van der Waals surface area contributed by atoms with Crippen LogP contribution in [0.1, 0.15) is 46.0 Å². The molecular formula is C22H30O7. The number of hydrogen-bond donors (Lipinski definition) is 3. The zero-order chi connectivity index (χ0) is 21.0. The molecule has 0 unspecified atom stereocenters. The lowest BCUT2D eigenvalue weighted by atomic mass is 9.36. The predicted octanol–water partition coefficient (Wildman–Crippen LogP) is 0.948. The van der Waals surface area contributed by atoms with Crippen LogP contribution in [-0.4, -0.2) is 58.3 Å². The Morgan fingerprint density at radius 3 is 2.72 bits per heavy atom. The lowest BCUT2D eigenvalue weighted by Crippen LogP contribution is -2.83. The number of carbonyl (C=O) groups is 2. The fourth-order valence-corrected chi connectivity index (χ4v) is 8.23. The Bertz CT molecular complexity index is 809. The van der Waals surface area contributed by atoms with Gasteiger partial charge in [0.05, 0.1) is 24.7 Å². The van der Waals surface area contributed by atoms with Gasteiger partial charge in [0, 0.05) is 29.6 Å². The van der Waals surface area contributed by atoms with Crippen molar-refractivity contribution in [3.05, 3.63) is 12.2 Å². The summed E-state index contributed by atoms with van der Waals surface area (Å²) in [5, 5.41) is 34.5. The molecule has 4 bridgehead atoms. The summed E-state index contributed by atoms with van der Waals surface area (Å²) in [7, 11) is 0. The van der Waals surface area contributed by atoms with E-state index < -0.39 is 52.0 Å². The number of aliphatic hydroxyl groups excluding tert-OH is 2. The third-order valence-corrected chi connectivity index (χ3v) is 9.10. The van der Waals surface area contributed by atoms with Crippen molar-refractivity contribution in [2.45, 2.75) is 63.9 Å². The second-order valence-electron chi connectivity index (χ2n) is 10.4. The Morgan fingerprint density at radius 2 is 2.03 bits per heavy atom. The molecule has 4 aliphatic carbocycles. The van der Waals surface area contributed by atoms with Gasteiger partial charge in [0.15, 0.2) is 5.78 Å². The smallest absolute Gasteiger partial charge is 0.302 e. The number of ether oxygens (including phenoxy) is 2. The molecule has 6 rings (SSSR count). The number of allylic oxidation sites excluding steroid dienone is 1. The summed E-state index contributed by atoms with van der Waals surface area (Å²) < 4.78 is 11.3. The van der Waals surface area contributed by atoms with Crippen molar-refractivity contribution in [2.75, 3.05) is 13.2 Å². The quantitative estimate of drug-likeness (QED) is 0.462. The van der Waals surface area contributed by atoms with Gasteiger partial charge < -0.3 is 24.8 Å². The Morgan fingerprint density at radius 1 is 1.31 bits per heavy atom. The molecule has 6 aliphatic rings. The SMILES string of the molecule is C=C1C(=O)[C@]23C[C@H]1C[C@@H](O)[C@H]2[C@]12CCC[C@@](C)(COC(C)=O)[C@H]1[C@H](O)[C@]3(O)OC2. The van der Waals surface area contributed by atoms with E-state index in [2.05, 4.69) is 6.58 Å². The van der Waals surface area contributed by atoms with Gasteiger partial charge in [0.1, 0.15) is 6.10 Å². The molecule has 3 N–H and O–H groups in total. The van der Waals surface area contributed by atoms with Crippen molar-refractivity contribution in [3.8, 4) is 0 Å². The Hall–Kier alpha value is -1.28. The molecule has 2 heterocycles. The Balaban J connectivity index is 1.68. The molecule has 0 radical (unpaired) electrons. The maximum Gasteiger partial charge on any atom is 0.302 e. The molecule has 2 saturated heterocycles. The number of fused-ring (bicyclic) bond motifs is 2. The number of esters is 1. The van der Waals surface area contributed by atoms with Crippen LogP contribution in [0.5, 0.6) is 0 Å². The third kappa shape index (κ3) is 2.03. The van der Waals surface area contributed by atoms with Crippen LogP contribution in [0.15, 0.2) is 12.2 Å². The highest BCUT2D eigenvalue weighted by molar-refractivity contribution is 6.04. The van der Waals surface area contributed by atoms with Crippen molar-refractivity contribution in [3.63, 3.8) is 0 Å². The van der Waals surface area contributed by atoms with E-state index in [1.807, 2.05) is 6.92 Å². The lowest BCUT2D eigenvalue weighted by Gasteiger charge is -2.74. The van der Waals surface area contributed by atoms with E-state index in [0.29, 0.717) is 24.8 Å². The first kappa shape index (κ1) is 19.7. The van der Waals surface area contributed by atoms with Gasteiger partial charge in [-0.2, -0.15) is 0 Å². The van der Waals surface area contributed by atoms with Crippen LogP contribution in [0.4, 0.5) is 0 Å². The molecule has 0 amide bonds. The van der Waals surface area contributed by atoms with E-state index in [1.165, 1.54) is 6.92 Å². The van der Waals surface area contributed by atoms with E-state index >= 15 is 0 Å². The van der Waals surface area contributed by atoms with Gasteiger partial charge in [-0.25, -0.2) is 0 Å². The summed E-state index contributed by atoms with van der Waals surface area (Å²) >= 11 is 0. The van der Waals surface area contributed by atoms with Crippen LogP contribution in [0.2, 0.25) is 0 Å². The van der Waals surface area contributed by atoms with Gasteiger partial charge >= 0.3 is 5.97 Å². The van der Waals surface area contributed by atoms with E-state index in [0.717, 1.165) is 12.8 Å². The average Bonchev–Trinajstić information content (AvgIpc) is 2.85. The molecule has 2 spiro atoms. The first-order valence-corrected chi connectivity index (χ1v) is 10.6. The van der Waals surface area contributed by atoms with E-state index in [1.54, 1.807) is 0 Å². The fourth-order valence-electron chi connectivity index (χ4n) is 8.23. The molecule has 0 aromatic heterocycles. The highest BCUT2D eigenvalue weighted by Gasteiger charge is 2.84. The largest absolute Gasteiger partial charge is 0.465 e. The van der Waals surface area contributed by atoms with Crippen LogP contribution in [-0.2, 0) is 19.1 Å². The molecule has 29 heavy (non-hydrogen) atoms. The maximum absolute atomic E-state index is 13.4. The predicted molar refractivity (Wildman–Crippen MR) is 100 cm³/mol. The van der Waals surface area contributed by atoms with Crippen molar-refractivity contribution in [1.29, 1.82) is 0 Å². The Kier molecular flexibility index (Phi) is 3.86. The van der Waals surface area contributed by atoms with Crippen molar-refractivity contribution < 1.29 is 34.4 Å². The third-order valence-electron chi connectivity index (χ3n) is 9.10. The van der Waals surface area contributed by atoms with E-state index in [9.17, 15) is 24.9 Å². The highest BCUT2D eigenvalue weighted by atomic mass is 16.6.